The van der Waals surface area contributed by atoms with E-state index in [0.717, 1.165) is 0 Å². The highest BCUT2D eigenvalue weighted by Gasteiger charge is 2.33. The van der Waals surface area contributed by atoms with Crippen LogP contribution < -0.4 is 14.4 Å². The molecule has 0 unspecified atom stereocenters. The molecule has 1 heterocycles. The van der Waals surface area contributed by atoms with E-state index in [1.807, 2.05) is 0 Å². The Morgan fingerprint density at radius 2 is 1.97 bits per heavy atom. The number of rotatable bonds is 6. The molecule has 0 aliphatic carbocycles. The fourth-order valence-corrected chi connectivity index (χ4v) is 4.43. The van der Waals surface area contributed by atoms with Gasteiger partial charge in [0.15, 0.2) is 15.8 Å². The summed E-state index contributed by atoms with van der Waals surface area (Å²) in [6.45, 7) is 3.70. The van der Waals surface area contributed by atoms with Gasteiger partial charge in [-0.25, -0.2) is 0 Å². The number of halogens is 1. The first-order chi connectivity index (χ1) is 13.9. The van der Waals surface area contributed by atoms with Gasteiger partial charge in [-0.15, -0.1) is 6.58 Å². The lowest BCUT2D eigenvalue weighted by molar-refractivity contribution is -0.113. The van der Waals surface area contributed by atoms with Gasteiger partial charge in [0.2, 0.25) is 0 Å². The van der Waals surface area contributed by atoms with Crippen LogP contribution in [-0.2, 0) is 11.2 Å². The second kappa shape index (κ2) is 8.90. The quantitative estimate of drug-likeness (QED) is 0.373. The van der Waals surface area contributed by atoms with Gasteiger partial charge in [0.1, 0.15) is 5.75 Å². The number of ether oxygens (including phenoxy) is 2. The number of methoxy groups -OCH3 is 2. The number of amides is 1. The molecule has 1 N–H and O–H groups in total. The van der Waals surface area contributed by atoms with Crippen molar-refractivity contribution in [3.8, 4) is 17.2 Å². The second-order valence-corrected chi connectivity index (χ2v) is 8.14. The number of phenolic OH excluding ortho intramolecular Hbond substituents is 1. The molecule has 1 fully saturated rings. The Bertz CT molecular complexity index is 1040. The van der Waals surface area contributed by atoms with Gasteiger partial charge in [-0.3, -0.25) is 9.69 Å². The van der Waals surface area contributed by atoms with Gasteiger partial charge in [0, 0.05) is 5.56 Å². The summed E-state index contributed by atoms with van der Waals surface area (Å²) in [5, 5.41) is 10.6. The fraction of sp³-hybridized carbons (Fsp3) is 0.143. The Hall–Kier alpha value is -2.48. The van der Waals surface area contributed by atoms with Crippen molar-refractivity contribution in [1.82, 2.24) is 0 Å². The van der Waals surface area contributed by atoms with Crippen LogP contribution in [0.1, 0.15) is 11.1 Å². The lowest BCUT2D eigenvalue weighted by Crippen LogP contribution is -2.27. The number of phenols is 1. The first-order valence-corrected chi connectivity index (χ1v) is 10.1. The van der Waals surface area contributed by atoms with Gasteiger partial charge in [-0.05, 0) is 48.4 Å². The molecule has 1 aliphatic heterocycles. The largest absolute Gasteiger partial charge is 0.504 e. The SMILES string of the molecule is C=CCc1cc(/C=C2\SC(=S)N(c3ccc(OC)c(Cl)c3)C2=O)cc(OC)c1O. The summed E-state index contributed by atoms with van der Waals surface area (Å²) in [4.78, 5) is 14.9. The van der Waals surface area contributed by atoms with Gasteiger partial charge >= 0.3 is 0 Å². The molecule has 0 atom stereocenters. The van der Waals surface area contributed by atoms with Gasteiger partial charge in [0.05, 0.1) is 29.8 Å². The monoisotopic (exact) mass is 447 g/mol. The molecule has 5 nitrogen and oxygen atoms in total. The number of anilines is 1. The number of hydrogen-bond donors (Lipinski definition) is 1. The number of hydrogen-bond acceptors (Lipinski definition) is 6. The van der Waals surface area contributed by atoms with Gasteiger partial charge in [-0.2, -0.15) is 0 Å². The van der Waals surface area contributed by atoms with Crippen molar-refractivity contribution < 1.29 is 19.4 Å². The van der Waals surface area contributed by atoms with Crippen LogP contribution in [0.15, 0.2) is 47.9 Å². The van der Waals surface area contributed by atoms with Crippen LogP contribution in [0.3, 0.4) is 0 Å². The van der Waals surface area contributed by atoms with E-state index in [1.165, 1.54) is 30.9 Å². The maximum atomic E-state index is 13.0. The minimum absolute atomic E-state index is 0.0602. The van der Waals surface area contributed by atoms with Crippen molar-refractivity contribution in [1.29, 1.82) is 0 Å². The highest BCUT2D eigenvalue weighted by atomic mass is 35.5. The number of carbonyl (C=O) groups excluding carboxylic acids is 1. The molecule has 0 saturated carbocycles. The summed E-state index contributed by atoms with van der Waals surface area (Å²) in [6.07, 6.45) is 3.87. The Morgan fingerprint density at radius 3 is 2.59 bits per heavy atom. The summed E-state index contributed by atoms with van der Waals surface area (Å²) in [7, 11) is 3.00. The van der Waals surface area contributed by atoms with E-state index in [1.54, 1.807) is 42.5 Å². The van der Waals surface area contributed by atoms with Gasteiger partial charge in [-0.1, -0.05) is 41.7 Å². The highest BCUT2D eigenvalue weighted by molar-refractivity contribution is 8.27. The maximum Gasteiger partial charge on any atom is 0.270 e. The molecular formula is C21H18ClNO4S2. The number of allylic oxidation sites excluding steroid dienone is 1. The smallest absolute Gasteiger partial charge is 0.270 e. The van der Waals surface area contributed by atoms with Crippen LogP contribution in [0.4, 0.5) is 5.69 Å². The third-order valence-electron chi connectivity index (χ3n) is 4.25. The number of nitrogens with zero attached hydrogens (tertiary/aromatic N) is 1. The van der Waals surface area contributed by atoms with Crippen molar-refractivity contribution in [2.45, 2.75) is 6.42 Å². The first kappa shape index (κ1) is 21.2. The minimum Gasteiger partial charge on any atom is -0.504 e. The summed E-state index contributed by atoms with van der Waals surface area (Å²) in [5.74, 6) is 0.652. The van der Waals surface area contributed by atoms with E-state index < -0.39 is 0 Å². The molecule has 2 aromatic carbocycles. The predicted molar refractivity (Wildman–Crippen MR) is 122 cm³/mol. The molecule has 2 aromatic rings. The zero-order chi connectivity index (χ0) is 21.1. The van der Waals surface area contributed by atoms with Crippen LogP contribution in [0.5, 0.6) is 17.2 Å². The van der Waals surface area contributed by atoms with Crippen molar-refractivity contribution in [2.75, 3.05) is 19.1 Å². The molecule has 150 valence electrons. The summed E-state index contributed by atoms with van der Waals surface area (Å²) < 4.78 is 10.8. The lowest BCUT2D eigenvalue weighted by Gasteiger charge is -2.15. The van der Waals surface area contributed by atoms with E-state index in [-0.39, 0.29) is 11.7 Å². The van der Waals surface area contributed by atoms with E-state index in [4.69, 9.17) is 33.3 Å². The van der Waals surface area contributed by atoms with E-state index in [2.05, 4.69) is 6.58 Å². The molecular weight excluding hydrogens is 430 g/mol. The molecule has 3 rings (SSSR count). The molecule has 1 saturated heterocycles. The number of carbonyl (C=O) groups is 1. The molecule has 29 heavy (non-hydrogen) atoms. The molecule has 0 spiro atoms. The van der Waals surface area contributed by atoms with Crippen LogP contribution in [0.25, 0.3) is 6.08 Å². The Morgan fingerprint density at radius 1 is 1.24 bits per heavy atom. The minimum atomic E-state index is -0.251. The Kier molecular flexibility index (Phi) is 6.52. The zero-order valence-corrected chi connectivity index (χ0v) is 18.2. The standard InChI is InChI=1S/C21H18ClNO4S2/c1-4-5-13-8-12(9-17(27-3)19(13)24)10-18-20(25)23(21(28)29-18)14-6-7-16(26-2)15(22)11-14/h4,6-11,24H,1,5H2,2-3H3/b18-10-. The molecule has 0 radical (unpaired) electrons. The van der Waals surface area contributed by atoms with E-state index in [9.17, 15) is 9.90 Å². The average Bonchev–Trinajstić information content (AvgIpc) is 2.97. The van der Waals surface area contributed by atoms with Crippen molar-refractivity contribution in [3.63, 3.8) is 0 Å². The zero-order valence-electron chi connectivity index (χ0n) is 15.8. The van der Waals surface area contributed by atoms with Crippen molar-refractivity contribution in [2.24, 2.45) is 0 Å². The summed E-state index contributed by atoms with van der Waals surface area (Å²) in [6, 6.07) is 8.51. The summed E-state index contributed by atoms with van der Waals surface area (Å²) >= 11 is 12.8. The predicted octanol–water partition coefficient (Wildman–Crippen LogP) is 5.20. The van der Waals surface area contributed by atoms with E-state index in [0.29, 0.717) is 49.0 Å². The lowest BCUT2D eigenvalue weighted by atomic mass is 10.1. The highest BCUT2D eigenvalue weighted by Crippen LogP contribution is 2.39. The Balaban J connectivity index is 1.97. The van der Waals surface area contributed by atoms with Crippen molar-refractivity contribution in [3.05, 3.63) is 64.0 Å². The normalized spacial score (nSPS) is 15.1. The van der Waals surface area contributed by atoms with Crippen LogP contribution >= 0.6 is 35.6 Å². The second-order valence-electron chi connectivity index (χ2n) is 6.06. The number of thioether (sulfide) groups is 1. The molecule has 1 aliphatic rings. The molecule has 8 heteroatoms. The third kappa shape index (κ3) is 4.27. The summed E-state index contributed by atoms with van der Waals surface area (Å²) in [5.41, 5.74) is 1.94. The van der Waals surface area contributed by atoms with Crippen LogP contribution in [0, 0.1) is 0 Å². The number of benzene rings is 2. The topological polar surface area (TPSA) is 59.0 Å². The number of aromatic hydroxyl groups is 1. The first-order valence-electron chi connectivity index (χ1n) is 8.51. The maximum absolute atomic E-state index is 13.0. The average molecular weight is 448 g/mol. The Labute approximate surface area is 183 Å². The van der Waals surface area contributed by atoms with Gasteiger partial charge < -0.3 is 14.6 Å². The van der Waals surface area contributed by atoms with Crippen molar-refractivity contribution >= 4 is 57.6 Å². The van der Waals surface area contributed by atoms with Crippen LogP contribution in [-0.4, -0.2) is 29.6 Å². The third-order valence-corrected chi connectivity index (χ3v) is 5.84. The molecule has 0 aromatic heterocycles. The van der Waals surface area contributed by atoms with Crippen LogP contribution in [0.2, 0.25) is 5.02 Å². The van der Waals surface area contributed by atoms with E-state index >= 15 is 0 Å². The fourth-order valence-electron chi connectivity index (χ4n) is 2.88. The van der Waals surface area contributed by atoms with Gasteiger partial charge in [0.25, 0.3) is 5.91 Å². The molecule has 1 amide bonds. The molecule has 0 bridgehead atoms. The number of thiocarbonyl (C=S) groups is 1.